The summed E-state index contributed by atoms with van der Waals surface area (Å²) in [5, 5.41) is 8.21. The zero-order chi connectivity index (χ0) is 10.2. The Morgan fingerprint density at radius 1 is 1.23 bits per heavy atom. The largest absolute Gasteiger partial charge is 0.476 e. The van der Waals surface area contributed by atoms with Gasteiger partial charge in [0.1, 0.15) is 0 Å². The SMILES string of the molecule is O=C(O)c1[nH]c(F)c(F)c(=O)c1F. The molecule has 4 nitrogen and oxygen atoms in total. The van der Waals surface area contributed by atoms with Gasteiger partial charge in [0, 0.05) is 0 Å². The molecule has 1 heterocycles. The second-order valence-corrected chi connectivity index (χ2v) is 2.08. The highest BCUT2D eigenvalue weighted by molar-refractivity contribution is 5.85. The number of halogens is 3. The van der Waals surface area contributed by atoms with Gasteiger partial charge in [-0.2, -0.15) is 13.2 Å². The molecule has 0 fully saturated rings. The van der Waals surface area contributed by atoms with Crippen LogP contribution in [0.15, 0.2) is 4.79 Å². The van der Waals surface area contributed by atoms with E-state index in [9.17, 15) is 22.8 Å². The highest BCUT2D eigenvalue weighted by Crippen LogP contribution is 2.03. The summed E-state index contributed by atoms with van der Waals surface area (Å²) in [4.78, 5) is 21.8. The molecule has 13 heavy (non-hydrogen) atoms. The van der Waals surface area contributed by atoms with Crippen LogP contribution < -0.4 is 5.43 Å². The Morgan fingerprint density at radius 2 is 1.77 bits per heavy atom. The first-order valence-electron chi connectivity index (χ1n) is 2.95. The maximum Gasteiger partial charge on any atom is 0.355 e. The van der Waals surface area contributed by atoms with E-state index in [1.54, 1.807) is 0 Å². The molecule has 0 spiro atoms. The third-order valence-corrected chi connectivity index (χ3v) is 1.26. The monoisotopic (exact) mass is 193 g/mol. The molecule has 2 N–H and O–H groups in total. The van der Waals surface area contributed by atoms with Crippen LogP contribution in [-0.4, -0.2) is 16.1 Å². The molecular weight excluding hydrogens is 191 g/mol. The second kappa shape index (κ2) is 2.92. The van der Waals surface area contributed by atoms with Crippen LogP contribution >= 0.6 is 0 Å². The molecule has 1 aromatic rings. The minimum absolute atomic E-state index is 1.27. The van der Waals surface area contributed by atoms with Crippen molar-refractivity contribution in [2.45, 2.75) is 0 Å². The van der Waals surface area contributed by atoms with Crippen LogP contribution in [0.1, 0.15) is 10.5 Å². The molecule has 0 aromatic carbocycles. The van der Waals surface area contributed by atoms with Crippen molar-refractivity contribution in [3.63, 3.8) is 0 Å². The summed E-state index contributed by atoms with van der Waals surface area (Å²) >= 11 is 0. The summed E-state index contributed by atoms with van der Waals surface area (Å²) in [7, 11) is 0. The second-order valence-electron chi connectivity index (χ2n) is 2.08. The van der Waals surface area contributed by atoms with Crippen molar-refractivity contribution in [2.75, 3.05) is 0 Å². The number of hydrogen-bond donors (Lipinski definition) is 2. The van der Waals surface area contributed by atoms with Crippen LogP contribution in [0.5, 0.6) is 0 Å². The molecule has 7 heteroatoms. The number of carboxylic acid groups (broad SMARTS) is 1. The van der Waals surface area contributed by atoms with Gasteiger partial charge in [-0.15, -0.1) is 0 Å². The van der Waals surface area contributed by atoms with E-state index < -0.39 is 34.7 Å². The highest BCUT2D eigenvalue weighted by atomic mass is 19.2. The number of nitrogens with one attached hydrogen (secondary N) is 1. The molecule has 0 amide bonds. The number of H-pyrrole nitrogens is 1. The van der Waals surface area contributed by atoms with E-state index in [0.29, 0.717) is 0 Å². The fourth-order valence-corrected chi connectivity index (χ4v) is 0.676. The molecule has 70 valence electrons. The summed E-state index contributed by atoms with van der Waals surface area (Å²) in [6, 6.07) is 0. The minimum Gasteiger partial charge on any atom is -0.476 e. The van der Waals surface area contributed by atoms with Crippen LogP contribution in [0, 0.1) is 17.6 Å². The molecule has 0 saturated carbocycles. The number of aromatic nitrogens is 1. The first kappa shape index (κ1) is 9.30. The Balaban J connectivity index is 3.60. The Hall–Kier alpha value is -1.79. The normalized spacial score (nSPS) is 10.1. The molecule has 1 rings (SSSR count). The fourth-order valence-electron chi connectivity index (χ4n) is 0.676. The van der Waals surface area contributed by atoms with Crippen LogP contribution in [-0.2, 0) is 0 Å². The van der Waals surface area contributed by atoms with Crippen molar-refractivity contribution < 1.29 is 23.1 Å². The van der Waals surface area contributed by atoms with Crippen LogP contribution in [0.4, 0.5) is 13.2 Å². The van der Waals surface area contributed by atoms with Crippen LogP contribution in [0.3, 0.4) is 0 Å². The van der Waals surface area contributed by atoms with E-state index in [-0.39, 0.29) is 0 Å². The molecule has 0 unspecified atom stereocenters. The molecular formula is C6H2F3NO3. The Kier molecular flexibility index (Phi) is 2.09. The maximum atomic E-state index is 12.6. The highest BCUT2D eigenvalue weighted by Gasteiger charge is 2.20. The predicted molar refractivity (Wildman–Crippen MR) is 33.9 cm³/mol. The van der Waals surface area contributed by atoms with Crippen molar-refractivity contribution in [3.05, 3.63) is 33.5 Å². The quantitative estimate of drug-likeness (QED) is 0.637. The maximum absolute atomic E-state index is 12.6. The van der Waals surface area contributed by atoms with Gasteiger partial charge in [0.15, 0.2) is 5.69 Å². The molecule has 1 aromatic heterocycles. The van der Waals surface area contributed by atoms with Gasteiger partial charge >= 0.3 is 5.97 Å². The van der Waals surface area contributed by atoms with Crippen molar-refractivity contribution in [1.29, 1.82) is 0 Å². The number of carbonyl (C=O) groups is 1. The summed E-state index contributed by atoms with van der Waals surface area (Å²) in [6.45, 7) is 0. The zero-order valence-electron chi connectivity index (χ0n) is 5.90. The van der Waals surface area contributed by atoms with E-state index in [0.717, 1.165) is 0 Å². The first-order chi connectivity index (χ1) is 5.95. The summed E-state index contributed by atoms with van der Waals surface area (Å²) in [6.07, 6.45) is 0. The van der Waals surface area contributed by atoms with Gasteiger partial charge in [0.2, 0.25) is 17.6 Å². The third-order valence-electron chi connectivity index (χ3n) is 1.26. The average Bonchev–Trinajstić information content (AvgIpc) is 2.07. The third kappa shape index (κ3) is 1.40. The Morgan fingerprint density at radius 3 is 2.23 bits per heavy atom. The lowest BCUT2D eigenvalue weighted by Gasteiger charge is -1.97. The predicted octanol–water partition coefficient (Wildman–Crippen LogP) is 0.490. The van der Waals surface area contributed by atoms with E-state index in [1.807, 2.05) is 0 Å². The van der Waals surface area contributed by atoms with Crippen LogP contribution in [0.25, 0.3) is 0 Å². The van der Waals surface area contributed by atoms with Crippen molar-refractivity contribution in [1.82, 2.24) is 4.98 Å². The standard InChI is InChI=1S/C6H2F3NO3/c7-1-3(6(12)13)10-5(9)2(8)4(1)11/h(H,10,11)(H,12,13). The smallest absolute Gasteiger partial charge is 0.355 e. The number of rotatable bonds is 1. The van der Waals surface area contributed by atoms with Gasteiger partial charge in [-0.25, -0.2) is 4.79 Å². The Labute approximate surface area is 68.6 Å². The zero-order valence-corrected chi connectivity index (χ0v) is 5.90. The summed E-state index contributed by atoms with van der Waals surface area (Å²) < 4.78 is 37.2. The van der Waals surface area contributed by atoms with Crippen molar-refractivity contribution >= 4 is 5.97 Å². The topological polar surface area (TPSA) is 70.2 Å². The van der Waals surface area contributed by atoms with E-state index in [2.05, 4.69) is 0 Å². The molecule has 0 atom stereocenters. The molecule has 0 radical (unpaired) electrons. The van der Waals surface area contributed by atoms with E-state index in [4.69, 9.17) is 5.11 Å². The lowest BCUT2D eigenvalue weighted by Crippen LogP contribution is -2.21. The van der Waals surface area contributed by atoms with Gasteiger partial charge in [-0.3, -0.25) is 4.79 Å². The van der Waals surface area contributed by atoms with Crippen molar-refractivity contribution in [3.8, 4) is 0 Å². The van der Waals surface area contributed by atoms with Crippen LogP contribution in [0.2, 0.25) is 0 Å². The molecule has 0 bridgehead atoms. The summed E-state index contributed by atoms with van der Waals surface area (Å²) in [5.74, 6) is -7.51. The number of carboxylic acids is 1. The Bertz CT molecular complexity index is 426. The van der Waals surface area contributed by atoms with Gasteiger partial charge in [-0.1, -0.05) is 0 Å². The molecule has 0 aliphatic rings. The van der Waals surface area contributed by atoms with Gasteiger partial charge in [-0.05, 0) is 0 Å². The lowest BCUT2D eigenvalue weighted by molar-refractivity contribution is 0.0682. The number of hydrogen-bond acceptors (Lipinski definition) is 2. The molecule has 0 saturated heterocycles. The molecule has 0 aliphatic carbocycles. The van der Waals surface area contributed by atoms with Gasteiger partial charge in [0.25, 0.3) is 5.43 Å². The molecule has 0 aliphatic heterocycles. The van der Waals surface area contributed by atoms with Gasteiger partial charge < -0.3 is 10.1 Å². The fraction of sp³-hybridized carbons (Fsp3) is 0. The number of aromatic amines is 1. The van der Waals surface area contributed by atoms with E-state index >= 15 is 0 Å². The average molecular weight is 193 g/mol. The van der Waals surface area contributed by atoms with Gasteiger partial charge in [0.05, 0.1) is 0 Å². The number of aromatic carboxylic acids is 1. The van der Waals surface area contributed by atoms with E-state index in [1.165, 1.54) is 4.98 Å². The minimum atomic E-state index is -1.97. The first-order valence-corrected chi connectivity index (χ1v) is 2.95. The lowest BCUT2D eigenvalue weighted by atomic mass is 10.3. The summed E-state index contributed by atoms with van der Waals surface area (Å²) in [5.41, 5.74) is -3.21. The number of pyridine rings is 1. The van der Waals surface area contributed by atoms with Crippen molar-refractivity contribution in [2.24, 2.45) is 0 Å².